The first-order valence-corrected chi connectivity index (χ1v) is 10.4. The van der Waals surface area contributed by atoms with Crippen LogP contribution < -0.4 is 0 Å². The fraction of sp³-hybridized carbons (Fsp3) is 0.250. The third-order valence-corrected chi connectivity index (χ3v) is 7.06. The van der Waals surface area contributed by atoms with Crippen molar-refractivity contribution >= 4 is 33.0 Å². The first kappa shape index (κ1) is 16.7. The van der Waals surface area contributed by atoms with Gasteiger partial charge in [-0.1, -0.05) is 23.7 Å². The van der Waals surface area contributed by atoms with Gasteiger partial charge in [0.2, 0.25) is 15.9 Å². The lowest BCUT2D eigenvalue weighted by Crippen LogP contribution is -2.28. The lowest BCUT2D eigenvalue weighted by atomic mass is 10.1. The quantitative estimate of drug-likeness (QED) is 0.674. The molecule has 25 heavy (non-hydrogen) atoms. The summed E-state index contributed by atoms with van der Waals surface area (Å²) in [6.07, 6.45) is 0.645. The van der Waals surface area contributed by atoms with Crippen molar-refractivity contribution in [2.24, 2.45) is 0 Å². The van der Waals surface area contributed by atoms with E-state index in [1.807, 2.05) is 17.5 Å². The summed E-state index contributed by atoms with van der Waals surface area (Å²) in [6, 6.07) is 10.1. The summed E-state index contributed by atoms with van der Waals surface area (Å²) in [5.41, 5.74) is 0. The molecule has 1 saturated heterocycles. The van der Waals surface area contributed by atoms with Crippen molar-refractivity contribution in [2.45, 2.75) is 17.2 Å². The zero-order valence-corrected chi connectivity index (χ0v) is 15.4. The van der Waals surface area contributed by atoms with Gasteiger partial charge in [-0.25, -0.2) is 8.42 Å². The van der Waals surface area contributed by atoms with Gasteiger partial charge < -0.3 is 4.42 Å². The number of hydrogen-bond acceptors (Lipinski definition) is 6. The minimum Gasteiger partial charge on any atom is -0.420 e. The largest absolute Gasteiger partial charge is 0.420 e. The number of benzene rings is 1. The van der Waals surface area contributed by atoms with Crippen molar-refractivity contribution in [1.82, 2.24) is 14.5 Å². The van der Waals surface area contributed by atoms with Crippen molar-refractivity contribution < 1.29 is 12.8 Å². The maximum atomic E-state index is 12.8. The van der Waals surface area contributed by atoms with Crippen LogP contribution in [0.15, 0.2) is 51.1 Å². The Morgan fingerprint density at radius 1 is 1.24 bits per heavy atom. The predicted octanol–water partition coefficient (Wildman–Crippen LogP) is 3.63. The van der Waals surface area contributed by atoms with Crippen LogP contribution in [0.4, 0.5) is 0 Å². The van der Waals surface area contributed by atoms with Gasteiger partial charge in [0, 0.05) is 18.1 Å². The molecule has 3 heterocycles. The van der Waals surface area contributed by atoms with Crippen molar-refractivity contribution in [3.8, 4) is 10.8 Å². The Morgan fingerprint density at radius 3 is 2.88 bits per heavy atom. The molecular weight excluding hydrogens is 382 g/mol. The van der Waals surface area contributed by atoms with Gasteiger partial charge in [0.15, 0.2) is 0 Å². The minimum atomic E-state index is -3.58. The van der Waals surface area contributed by atoms with Crippen LogP contribution in [0.25, 0.3) is 10.8 Å². The Morgan fingerprint density at radius 2 is 2.12 bits per heavy atom. The summed E-state index contributed by atoms with van der Waals surface area (Å²) in [6.45, 7) is 0.733. The van der Waals surface area contributed by atoms with Gasteiger partial charge in [-0.2, -0.15) is 4.31 Å². The summed E-state index contributed by atoms with van der Waals surface area (Å²) in [5.74, 6) is 0.850. The lowest BCUT2D eigenvalue weighted by Gasteiger charge is -2.16. The fourth-order valence-electron chi connectivity index (χ4n) is 2.82. The molecule has 1 aliphatic rings. The molecule has 9 heteroatoms. The molecule has 4 rings (SSSR count). The summed E-state index contributed by atoms with van der Waals surface area (Å²) in [7, 11) is -3.58. The molecule has 0 radical (unpaired) electrons. The van der Waals surface area contributed by atoms with Gasteiger partial charge in [-0.15, -0.1) is 21.5 Å². The lowest BCUT2D eigenvalue weighted by molar-refractivity contribution is 0.440. The average Bonchev–Trinajstić information content (AvgIpc) is 3.33. The smallest absolute Gasteiger partial charge is 0.257 e. The zero-order chi connectivity index (χ0) is 17.4. The van der Waals surface area contributed by atoms with Gasteiger partial charge in [-0.3, -0.25) is 0 Å². The van der Waals surface area contributed by atoms with Crippen LogP contribution in [0.5, 0.6) is 0 Å². The van der Waals surface area contributed by atoms with Crippen LogP contribution in [-0.4, -0.2) is 36.0 Å². The van der Waals surface area contributed by atoms with Crippen molar-refractivity contribution in [1.29, 1.82) is 0 Å². The Hall–Kier alpha value is -1.74. The highest BCUT2D eigenvalue weighted by Gasteiger charge is 2.35. The number of nitrogens with zero attached hydrogens (tertiary/aromatic N) is 3. The van der Waals surface area contributed by atoms with Crippen LogP contribution in [0, 0.1) is 0 Å². The number of rotatable bonds is 4. The molecule has 6 nitrogen and oxygen atoms in total. The van der Waals surface area contributed by atoms with Gasteiger partial charge >= 0.3 is 0 Å². The van der Waals surface area contributed by atoms with Gasteiger partial charge in [0.05, 0.1) is 15.7 Å². The second-order valence-corrected chi connectivity index (χ2v) is 9.05. The van der Waals surface area contributed by atoms with Gasteiger partial charge in [0.1, 0.15) is 0 Å². The topological polar surface area (TPSA) is 76.3 Å². The van der Waals surface area contributed by atoms with Crippen LogP contribution in [0.2, 0.25) is 5.02 Å². The predicted molar refractivity (Wildman–Crippen MR) is 95.2 cm³/mol. The third kappa shape index (κ3) is 3.22. The summed E-state index contributed by atoms with van der Waals surface area (Å²) < 4.78 is 32.7. The van der Waals surface area contributed by atoms with Crippen LogP contribution in [0.1, 0.15) is 18.2 Å². The second-order valence-electron chi connectivity index (χ2n) is 5.73. The highest BCUT2D eigenvalue weighted by molar-refractivity contribution is 7.89. The SMILES string of the molecule is O=S(=O)(c1cccc(Cl)c1)N1CC[C@H](c2nnc(-c3cccs3)o2)C1. The molecule has 130 valence electrons. The molecule has 1 aliphatic heterocycles. The number of halogens is 1. The molecule has 0 unspecified atom stereocenters. The molecule has 0 N–H and O–H groups in total. The first-order chi connectivity index (χ1) is 12.0. The Bertz CT molecular complexity index is 986. The molecular formula is C16H14ClN3O3S2. The zero-order valence-electron chi connectivity index (χ0n) is 13.0. The van der Waals surface area contributed by atoms with E-state index < -0.39 is 10.0 Å². The molecule has 0 bridgehead atoms. The Kier molecular flexibility index (Phi) is 4.36. The minimum absolute atomic E-state index is 0.102. The molecule has 2 aromatic heterocycles. The first-order valence-electron chi connectivity index (χ1n) is 7.67. The third-order valence-electron chi connectivity index (χ3n) is 4.11. The maximum absolute atomic E-state index is 12.8. The molecule has 1 aromatic carbocycles. The highest BCUT2D eigenvalue weighted by Crippen LogP contribution is 2.33. The van der Waals surface area contributed by atoms with E-state index >= 15 is 0 Å². The second kappa shape index (κ2) is 6.53. The van der Waals surface area contributed by atoms with Gasteiger partial charge in [-0.05, 0) is 36.1 Å². The van der Waals surface area contributed by atoms with Crippen molar-refractivity contribution in [2.75, 3.05) is 13.1 Å². The average molecular weight is 396 g/mol. The Labute approximate surface area is 154 Å². The number of sulfonamides is 1. The summed E-state index contributed by atoms with van der Waals surface area (Å²) in [4.78, 5) is 1.10. The van der Waals surface area contributed by atoms with E-state index in [0.717, 1.165) is 4.88 Å². The molecule has 0 aliphatic carbocycles. The van der Waals surface area contributed by atoms with E-state index in [0.29, 0.717) is 36.3 Å². The molecule has 0 amide bonds. The number of hydrogen-bond donors (Lipinski definition) is 0. The molecule has 0 saturated carbocycles. The standard InChI is InChI=1S/C16H14ClN3O3S2/c17-12-3-1-4-13(9-12)25(21,22)20-7-6-11(10-20)15-18-19-16(23-15)14-5-2-8-24-14/h1-5,8-9,11H,6-7,10H2/t11-/m0/s1. The summed E-state index contributed by atoms with van der Waals surface area (Å²) >= 11 is 7.44. The fourth-order valence-corrected chi connectivity index (χ4v) is 5.27. The van der Waals surface area contributed by atoms with E-state index in [4.69, 9.17) is 16.0 Å². The molecule has 1 fully saturated rings. The normalized spacial score (nSPS) is 18.7. The van der Waals surface area contributed by atoms with Crippen molar-refractivity contribution in [3.05, 3.63) is 52.7 Å². The maximum Gasteiger partial charge on any atom is 0.257 e. The van der Waals surface area contributed by atoms with Crippen LogP contribution >= 0.6 is 22.9 Å². The van der Waals surface area contributed by atoms with E-state index in [1.165, 1.54) is 21.7 Å². The highest BCUT2D eigenvalue weighted by atomic mass is 35.5. The summed E-state index contributed by atoms with van der Waals surface area (Å²) in [5, 5.41) is 10.5. The van der Waals surface area contributed by atoms with Crippen LogP contribution in [-0.2, 0) is 10.0 Å². The Balaban J connectivity index is 1.53. The van der Waals surface area contributed by atoms with Crippen LogP contribution in [0.3, 0.4) is 0 Å². The number of thiophene rings is 1. The monoisotopic (exact) mass is 395 g/mol. The number of aromatic nitrogens is 2. The van der Waals surface area contributed by atoms with E-state index in [1.54, 1.807) is 18.2 Å². The van der Waals surface area contributed by atoms with Crippen molar-refractivity contribution in [3.63, 3.8) is 0 Å². The van der Waals surface area contributed by atoms with Gasteiger partial charge in [0.25, 0.3) is 5.89 Å². The molecule has 0 spiro atoms. The molecule has 1 atom stereocenters. The van der Waals surface area contributed by atoms with E-state index in [-0.39, 0.29) is 10.8 Å². The van der Waals surface area contributed by atoms with E-state index in [2.05, 4.69) is 10.2 Å². The van der Waals surface area contributed by atoms with E-state index in [9.17, 15) is 8.42 Å². The molecule has 3 aromatic rings.